The average molecular weight is 283 g/mol. The highest BCUT2D eigenvalue weighted by Gasteiger charge is 2.04. The van der Waals surface area contributed by atoms with E-state index in [2.05, 4.69) is 10.6 Å². The standard InChI is InChI=1S/C18H16N2O/c21-18(19-13-14-7-2-1-3-8-14)20-17-12-6-10-15-9-4-5-11-16(15)17/h1-12H,13H2,(H2,19,20,21)/i1D,2D,3D,7D,8D,13D2. The molecule has 0 spiro atoms. The molecule has 3 aromatic rings. The van der Waals surface area contributed by atoms with E-state index in [0.29, 0.717) is 5.69 Å². The third-order valence-electron chi connectivity index (χ3n) is 2.84. The third kappa shape index (κ3) is 3.20. The van der Waals surface area contributed by atoms with Crippen molar-refractivity contribution in [2.45, 2.75) is 6.50 Å². The van der Waals surface area contributed by atoms with E-state index in [1.165, 1.54) is 0 Å². The molecule has 3 heteroatoms. The molecule has 0 fully saturated rings. The Kier molecular flexibility index (Phi) is 2.11. The lowest BCUT2D eigenvalue weighted by Crippen LogP contribution is -2.28. The van der Waals surface area contributed by atoms with Crippen LogP contribution in [0.5, 0.6) is 0 Å². The van der Waals surface area contributed by atoms with Crippen LogP contribution in [0.1, 0.15) is 15.2 Å². The Balaban J connectivity index is 1.92. The summed E-state index contributed by atoms with van der Waals surface area (Å²) in [5.74, 6) is 0. The van der Waals surface area contributed by atoms with E-state index in [1.54, 1.807) is 24.3 Å². The fraction of sp³-hybridized carbons (Fsp3) is 0.0556. The minimum absolute atomic E-state index is 0.451. The molecule has 0 saturated carbocycles. The van der Waals surface area contributed by atoms with Crippen LogP contribution < -0.4 is 10.6 Å². The SMILES string of the molecule is [2H]c1c([2H])c([2H])c(C([2H])([2H])NC(=O)Nc2cccc3ccccc23)c([2H])c1[2H]. The molecule has 0 unspecified atom stereocenters. The van der Waals surface area contributed by atoms with Crippen LogP contribution in [0.4, 0.5) is 10.5 Å². The Morgan fingerprint density at radius 2 is 1.81 bits per heavy atom. The second-order valence-electron chi connectivity index (χ2n) is 4.23. The van der Waals surface area contributed by atoms with Crippen molar-refractivity contribution in [3.05, 3.63) is 78.2 Å². The van der Waals surface area contributed by atoms with E-state index < -0.39 is 48.3 Å². The summed E-state index contributed by atoms with van der Waals surface area (Å²) in [5, 5.41) is 6.24. The van der Waals surface area contributed by atoms with Crippen LogP contribution in [0.3, 0.4) is 0 Å². The summed E-state index contributed by atoms with van der Waals surface area (Å²) < 4.78 is 54.9. The number of amides is 2. The fourth-order valence-electron chi connectivity index (χ4n) is 1.92. The lowest BCUT2D eigenvalue weighted by Gasteiger charge is -2.10. The molecule has 0 aliphatic carbocycles. The maximum atomic E-state index is 12.4. The second-order valence-corrected chi connectivity index (χ2v) is 4.23. The first kappa shape index (κ1) is 7.27. The maximum Gasteiger partial charge on any atom is 0.319 e. The maximum absolute atomic E-state index is 12.4. The van der Waals surface area contributed by atoms with Crippen molar-refractivity contribution in [2.24, 2.45) is 0 Å². The molecule has 0 aliphatic rings. The predicted octanol–water partition coefficient (Wildman–Crippen LogP) is 4.16. The van der Waals surface area contributed by atoms with Crippen LogP contribution in [0, 0.1) is 0 Å². The lowest BCUT2D eigenvalue weighted by atomic mass is 10.1. The van der Waals surface area contributed by atoms with Gasteiger partial charge in [0.05, 0.1) is 15.3 Å². The van der Waals surface area contributed by atoms with Crippen LogP contribution in [0.15, 0.2) is 72.7 Å². The first-order valence-electron chi connectivity index (χ1n) is 9.78. The highest BCUT2D eigenvalue weighted by atomic mass is 16.2. The van der Waals surface area contributed by atoms with E-state index in [1.807, 2.05) is 18.2 Å². The molecule has 0 aliphatic heterocycles. The van der Waals surface area contributed by atoms with Gasteiger partial charge in [0, 0.05) is 11.9 Å². The molecule has 0 atom stereocenters. The number of nitrogens with one attached hydrogen (secondary N) is 2. The summed E-state index contributed by atoms with van der Waals surface area (Å²) in [6.45, 7) is -2.69. The second kappa shape index (κ2) is 6.09. The molecule has 0 bridgehead atoms. The van der Waals surface area contributed by atoms with Crippen LogP contribution in [-0.4, -0.2) is 6.03 Å². The van der Waals surface area contributed by atoms with Gasteiger partial charge in [0.1, 0.15) is 0 Å². The number of urea groups is 1. The molecule has 3 rings (SSSR count). The highest BCUT2D eigenvalue weighted by Crippen LogP contribution is 2.22. The zero-order valence-electron chi connectivity index (χ0n) is 17.9. The molecule has 2 amide bonds. The smallest absolute Gasteiger partial charge is 0.319 e. The van der Waals surface area contributed by atoms with Gasteiger partial charge in [-0.15, -0.1) is 0 Å². The summed E-state index contributed by atoms with van der Waals surface area (Å²) >= 11 is 0. The quantitative estimate of drug-likeness (QED) is 0.744. The topological polar surface area (TPSA) is 41.1 Å². The normalized spacial score (nSPS) is 15.7. The van der Waals surface area contributed by atoms with Crippen LogP contribution >= 0.6 is 0 Å². The summed E-state index contributed by atoms with van der Waals surface area (Å²) in [4.78, 5) is 12.4. The van der Waals surface area contributed by atoms with Gasteiger partial charge in [0.25, 0.3) is 0 Å². The van der Waals surface area contributed by atoms with Gasteiger partial charge in [-0.25, -0.2) is 4.79 Å². The van der Waals surface area contributed by atoms with Crippen molar-refractivity contribution < 1.29 is 14.4 Å². The van der Waals surface area contributed by atoms with Gasteiger partial charge in [0.2, 0.25) is 0 Å². The Bertz CT molecular complexity index is 1050. The zero-order valence-corrected chi connectivity index (χ0v) is 10.9. The van der Waals surface area contributed by atoms with Gasteiger partial charge in [-0.3, -0.25) is 0 Å². The Labute approximate surface area is 133 Å². The molecule has 2 N–H and O–H groups in total. The van der Waals surface area contributed by atoms with Gasteiger partial charge in [0.15, 0.2) is 0 Å². The van der Waals surface area contributed by atoms with Crippen molar-refractivity contribution in [1.82, 2.24) is 5.32 Å². The predicted molar refractivity (Wildman–Crippen MR) is 86.2 cm³/mol. The number of carbonyl (C=O) groups is 1. The van der Waals surface area contributed by atoms with Crippen LogP contribution in [0.25, 0.3) is 10.8 Å². The molecule has 0 aromatic heterocycles. The van der Waals surface area contributed by atoms with E-state index in [4.69, 9.17) is 9.60 Å². The van der Waals surface area contributed by atoms with Crippen molar-refractivity contribution in [2.75, 3.05) is 5.32 Å². The van der Waals surface area contributed by atoms with Gasteiger partial charge in [-0.2, -0.15) is 0 Å². The minimum Gasteiger partial charge on any atom is -0.334 e. The fourth-order valence-corrected chi connectivity index (χ4v) is 1.92. The van der Waals surface area contributed by atoms with Crippen molar-refractivity contribution in [3.8, 4) is 0 Å². The van der Waals surface area contributed by atoms with Gasteiger partial charge >= 0.3 is 6.03 Å². The number of anilines is 1. The number of fused-ring (bicyclic) bond motifs is 1. The van der Waals surface area contributed by atoms with Crippen LogP contribution in [-0.2, 0) is 6.50 Å². The summed E-state index contributed by atoms with van der Waals surface area (Å²) in [7, 11) is 0. The molecule has 3 aromatic carbocycles. The summed E-state index contributed by atoms with van der Waals surface area (Å²) in [5.41, 5.74) is -0.181. The highest BCUT2D eigenvalue weighted by molar-refractivity contribution is 6.01. The largest absolute Gasteiger partial charge is 0.334 e. The molecular formula is C18H16N2O. The van der Waals surface area contributed by atoms with E-state index in [0.717, 1.165) is 10.8 Å². The molecule has 3 nitrogen and oxygen atoms in total. The van der Waals surface area contributed by atoms with Gasteiger partial charge < -0.3 is 10.6 Å². The third-order valence-corrected chi connectivity index (χ3v) is 2.84. The van der Waals surface area contributed by atoms with Crippen LogP contribution in [0.2, 0.25) is 0 Å². The first-order chi connectivity index (χ1) is 13.1. The van der Waals surface area contributed by atoms with Crippen molar-refractivity contribution in [3.63, 3.8) is 0 Å². The van der Waals surface area contributed by atoms with E-state index in [9.17, 15) is 4.79 Å². The van der Waals surface area contributed by atoms with Gasteiger partial charge in [-0.1, -0.05) is 66.6 Å². The molecular weight excluding hydrogens is 260 g/mol. The van der Waals surface area contributed by atoms with E-state index in [-0.39, 0.29) is 0 Å². The molecule has 0 heterocycles. The minimum atomic E-state index is -2.69. The molecule has 0 radical (unpaired) electrons. The molecule has 104 valence electrons. The van der Waals surface area contributed by atoms with E-state index >= 15 is 0 Å². The molecule has 21 heavy (non-hydrogen) atoms. The molecule has 0 saturated heterocycles. The van der Waals surface area contributed by atoms with Crippen molar-refractivity contribution in [1.29, 1.82) is 0 Å². The number of hydrogen-bond acceptors (Lipinski definition) is 1. The Morgan fingerprint density at radius 1 is 1.05 bits per heavy atom. The Hall–Kier alpha value is -2.81. The number of hydrogen-bond donors (Lipinski definition) is 2. The Morgan fingerprint density at radius 3 is 2.67 bits per heavy atom. The zero-order chi connectivity index (χ0) is 20.6. The number of carbonyl (C=O) groups excluding carboxylic acids is 1. The lowest BCUT2D eigenvalue weighted by molar-refractivity contribution is 0.252. The monoisotopic (exact) mass is 283 g/mol. The van der Waals surface area contributed by atoms with Gasteiger partial charge in [-0.05, 0) is 17.0 Å². The number of benzene rings is 3. The van der Waals surface area contributed by atoms with Crippen molar-refractivity contribution >= 4 is 22.5 Å². The summed E-state index contributed by atoms with van der Waals surface area (Å²) in [6, 6.07) is 8.28. The average Bonchev–Trinajstić information content (AvgIpc) is 2.64. The first-order valence-corrected chi connectivity index (χ1v) is 6.28. The summed E-state index contributed by atoms with van der Waals surface area (Å²) in [6.07, 6.45) is 0. The number of rotatable bonds is 3.